The van der Waals surface area contributed by atoms with Gasteiger partial charge in [-0.15, -0.1) is 0 Å². The van der Waals surface area contributed by atoms with E-state index in [9.17, 15) is 0 Å². The number of hydrogen-bond acceptors (Lipinski definition) is 1. The zero-order chi connectivity index (χ0) is 7.98. The van der Waals surface area contributed by atoms with Crippen molar-refractivity contribution in [3.63, 3.8) is 0 Å². The van der Waals surface area contributed by atoms with Crippen LogP contribution in [0.15, 0.2) is 0 Å². The molecule has 0 unspecified atom stereocenters. The van der Waals surface area contributed by atoms with Crippen LogP contribution in [0.1, 0.15) is 19.8 Å². The van der Waals surface area contributed by atoms with E-state index in [1.807, 2.05) is 11.6 Å². The first kappa shape index (κ1) is 9.63. The van der Waals surface area contributed by atoms with Gasteiger partial charge in [-0.05, 0) is 13.5 Å². The van der Waals surface area contributed by atoms with Gasteiger partial charge in [0, 0.05) is 6.54 Å². The predicted octanol–water partition coefficient (Wildman–Crippen LogP) is 1.02. The van der Waals surface area contributed by atoms with Crippen LogP contribution in [0.2, 0.25) is 0 Å². The lowest BCUT2D eigenvalue weighted by molar-refractivity contribution is -0.510. The summed E-state index contributed by atoms with van der Waals surface area (Å²) in [6.45, 7) is 8.12. The molecule has 2 heteroatoms. The fourth-order valence-corrected chi connectivity index (χ4v) is 0.911. The molecule has 0 aromatic heterocycles. The van der Waals surface area contributed by atoms with Crippen molar-refractivity contribution in [1.82, 2.24) is 4.90 Å². The molecule has 60 valence electrons. The van der Waals surface area contributed by atoms with Gasteiger partial charge in [-0.3, -0.25) is 4.90 Å². The minimum atomic E-state index is 0.958. The molecule has 0 aromatic rings. The molecule has 0 aliphatic heterocycles. The predicted molar refractivity (Wildman–Crippen MR) is 45.7 cm³/mol. The van der Waals surface area contributed by atoms with Crippen molar-refractivity contribution in [2.75, 3.05) is 27.3 Å². The average Bonchev–Trinajstić information content (AvgIpc) is 1.82. The van der Waals surface area contributed by atoms with Gasteiger partial charge >= 0.3 is 0 Å². The smallest absolute Gasteiger partial charge is 0.198 e. The van der Waals surface area contributed by atoms with Crippen LogP contribution in [0, 0.1) is 0 Å². The summed E-state index contributed by atoms with van der Waals surface area (Å²) in [5, 5.41) is 0. The summed E-state index contributed by atoms with van der Waals surface area (Å²) in [5.74, 6) is 0. The van der Waals surface area contributed by atoms with Gasteiger partial charge in [-0.25, -0.2) is 4.58 Å². The molecular formula is C8H19N2+. The van der Waals surface area contributed by atoms with Crippen LogP contribution in [0.3, 0.4) is 0 Å². The Morgan fingerprint density at radius 3 is 2.50 bits per heavy atom. The van der Waals surface area contributed by atoms with E-state index in [1.165, 1.54) is 19.4 Å². The van der Waals surface area contributed by atoms with E-state index in [1.54, 1.807) is 0 Å². The Morgan fingerprint density at radius 1 is 1.50 bits per heavy atom. The highest BCUT2D eigenvalue weighted by Gasteiger charge is 1.99. The monoisotopic (exact) mass is 143 g/mol. The SMILES string of the molecule is C=[N+](C)CN(C)CCCC. The molecule has 0 amide bonds. The van der Waals surface area contributed by atoms with Crippen LogP contribution >= 0.6 is 0 Å². The maximum atomic E-state index is 3.78. The Hall–Kier alpha value is -0.370. The van der Waals surface area contributed by atoms with Crippen LogP contribution in [-0.4, -0.2) is 43.5 Å². The van der Waals surface area contributed by atoms with E-state index in [2.05, 4.69) is 25.6 Å². The van der Waals surface area contributed by atoms with Crippen molar-refractivity contribution in [1.29, 1.82) is 0 Å². The lowest BCUT2D eigenvalue weighted by Gasteiger charge is -2.11. The van der Waals surface area contributed by atoms with E-state index < -0.39 is 0 Å². The molecule has 0 radical (unpaired) electrons. The first-order valence-corrected chi connectivity index (χ1v) is 3.87. The van der Waals surface area contributed by atoms with Crippen LogP contribution in [0.25, 0.3) is 0 Å². The van der Waals surface area contributed by atoms with Gasteiger partial charge in [-0.2, -0.15) is 0 Å². The van der Waals surface area contributed by atoms with Crippen molar-refractivity contribution in [3.8, 4) is 0 Å². The molecule has 0 aliphatic carbocycles. The van der Waals surface area contributed by atoms with Gasteiger partial charge < -0.3 is 0 Å². The molecule has 2 nitrogen and oxygen atoms in total. The number of rotatable bonds is 5. The lowest BCUT2D eigenvalue weighted by Crippen LogP contribution is -2.27. The topological polar surface area (TPSA) is 6.25 Å². The largest absolute Gasteiger partial charge is 0.251 e. The summed E-state index contributed by atoms with van der Waals surface area (Å²) in [6, 6.07) is 0. The van der Waals surface area contributed by atoms with Crippen molar-refractivity contribution in [3.05, 3.63) is 0 Å². The molecule has 0 aromatic carbocycles. The van der Waals surface area contributed by atoms with Crippen molar-refractivity contribution >= 4 is 6.72 Å². The first-order chi connectivity index (χ1) is 4.66. The Balaban J connectivity index is 3.25. The number of hydrogen-bond donors (Lipinski definition) is 0. The third-order valence-electron chi connectivity index (χ3n) is 1.38. The quantitative estimate of drug-likeness (QED) is 0.316. The van der Waals surface area contributed by atoms with Crippen LogP contribution in [0.4, 0.5) is 0 Å². The zero-order valence-corrected chi connectivity index (χ0v) is 7.43. The Labute approximate surface area is 64.2 Å². The molecule has 0 bridgehead atoms. The number of nitrogens with zero attached hydrogens (tertiary/aromatic N) is 2. The van der Waals surface area contributed by atoms with Gasteiger partial charge in [0.2, 0.25) is 0 Å². The summed E-state index contributed by atoms with van der Waals surface area (Å²) in [6.07, 6.45) is 2.55. The van der Waals surface area contributed by atoms with E-state index in [-0.39, 0.29) is 0 Å². The second kappa shape index (κ2) is 5.42. The van der Waals surface area contributed by atoms with Crippen LogP contribution in [0.5, 0.6) is 0 Å². The van der Waals surface area contributed by atoms with Gasteiger partial charge in [0.05, 0.1) is 0 Å². The van der Waals surface area contributed by atoms with Crippen LogP contribution in [-0.2, 0) is 0 Å². The number of unbranched alkanes of at least 4 members (excludes halogenated alkanes) is 1. The molecule has 0 rings (SSSR count). The Kier molecular flexibility index (Phi) is 5.22. The zero-order valence-electron chi connectivity index (χ0n) is 7.43. The molecule has 0 saturated carbocycles. The fourth-order valence-electron chi connectivity index (χ4n) is 0.911. The lowest BCUT2D eigenvalue weighted by atomic mass is 10.3. The summed E-state index contributed by atoms with van der Waals surface area (Å²) in [7, 11) is 4.11. The van der Waals surface area contributed by atoms with Crippen LogP contribution < -0.4 is 0 Å². The molecule has 0 N–H and O–H groups in total. The molecule has 0 aliphatic rings. The Bertz CT molecular complexity index is 99.4. The second-order valence-electron chi connectivity index (χ2n) is 2.93. The minimum absolute atomic E-state index is 0.958. The molecule has 10 heavy (non-hydrogen) atoms. The van der Waals surface area contributed by atoms with E-state index in [4.69, 9.17) is 0 Å². The standard InChI is InChI=1S/C8H19N2/c1-5-6-7-10(4)8-9(2)3/h2,5-8H2,1,3-4H3/q+1. The molecule has 0 saturated heterocycles. The molecular weight excluding hydrogens is 124 g/mol. The van der Waals surface area contributed by atoms with Gasteiger partial charge in [-0.1, -0.05) is 13.3 Å². The van der Waals surface area contributed by atoms with E-state index >= 15 is 0 Å². The summed E-state index contributed by atoms with van der Waals surface area (Å²) >= 11 is 0. The summed E-state index contributed by atoms with van der Waals surface area (Å²) in [5.41, 5.74) is 0. The summed E-state index contributed by atoms with van der Waals surface area (Å²) < 4.78 is 1.94. The maximum absolute atomic E-state index is 3.78. The Morgan fingerprint density at radius 2 is 2.10 bits per heavy atom. The molecule has 0 spiro atoms. The third kappa shape index (κ3) is 5.76. The van der Waals surface area contributed by atoms with Crippen molar-refractivity contribution in [2.24, 2.45) is 0 Å². The van der Waals surface area contributed by atoms with Crippen molar-refractivity contribution < 1.29 is 4.58 Å². The maximum Gasteiger partial charge on any atom is 0.198 e. The van der Waals surface area contributed by atoms with Crippen molar-refractivity contribution in [2.45, 2.75) is 19.8 Å². The minimum Gasteiger partial charge on any atom is -0.251 e. The molecule has 0 fully saturated rings. The highest BCUT2D eigenvalue weighted by molar-refractivity contribution is 5.13. The van der Waals surface area contributed by atoms with Gasteiger partial charge in [0.1, 0.15) is 13.8 Å². The van der Waals surface area contributed by atoms with Gasteiger partial charge in [0.25, 0.3) is 0 Å². The first-order valence-electron chi connectivity index (χ1n) is 3.87. The van der Waals surface area contributed by atoms with E-state index in [0.717, 1.165) is 6.67 Å². The highest BCUT2D eigenvalue weighted by Crippen LogP contribution is 1.89. The summed E-state index contributed by atoms with van der Waals surface area (Å²) in [4.78, 5) is 2.27. The third-order valence-corrected chi connectivity index (χ3v) is 1.38. The van der Waals surface area contributed by atoms with E-state index in [0.29, 0.717) is 0 Å². The molecule has 0 heterocycles. The molecule has 0 atom stereocenters. The van der Waals surface area contributed by atoms with Gasteiger partial charge in [0.15, 0.2) is 6.67 Å². The highest BCUT2D eigenvalue weighted by atomic mass is 15.2. The normalized spacial score (nSPS) is 10.4. The second-order valence-corrected chi connectivity index (χ2v) is 2.93. The fraction of sp³-hybridized carbons (Fsp3) is 0.875. The average molecular weight is 143 g/mol.